The van der Waals surface area contributed by atoms with Crippen molar-refractivity contribution in [3.63, 3.8) is 0 Å². The van der Waals surface area contributed by atoms with E-state index in [1.54, 1.807) is 18.3 Å². The molecule has 34 heavy (non-hydrogen) atoms. The van der Waals surface area contributed by atoms with E-state index in [9.17, 15) is 14.9 Å². The molecule has 3 heterocycles. The third-order valence-electron chi connectivity index (χ3n) is 5.84. The van der Waals surface area contributed by atoms with Crippen molar-refractivity contribution < 1.29 is 14.7 Å². The Labute approximate surface area is 197 Å². The summed E-state index contributed by atoms with van der Waals surface area (Å²) in [6, 6.07) is 5.55. The van der Waals surface area contributed by atoms with E-state index < -0.39 is 11.9 Å². The topological polar surface area (TPSA) is 164 Å². The van der Waals surface area contributed by atoms with Crippen LogP contribution >= 0.6 is 0 Å². The van der Waals surface area contributed by atoms with Crippen molar-refractivity contribution in [3.8, 4) is 17.3 Å². The van der Waals surface area contributed by atoms with Crippen LogP contribution in [0.25, 0.3) is 16.8 Å². The van der Waals surface area contributed by atoms with Crippen molar-refractivity contribution in [1.82, 2.24) is 24.4 Å². The lowest BCUT2D eigenvalue weighted by Crippen LogP contribution is -2.18. The van der Waals surface area contributed by atoms with Crippen LogP contribution in [0.2, 0.25) is 0 Å². The summed E-state index contributed by atoms with van der Waals surface area (Å²) in [6.07, 6.45) is 8.30. The lowest BCUT2D eigenvalue weighted by atomic mass is 9.96. The van der Waals surface area contributed by atoms with Gasteiger partial charge in [0, 0.05) is 18.3 Å². The highest BCUT2D eigenvalue weighted by Gasteiger charge is 2.27. The number of carboxylic acids is 1. The molecule has 1 fully saturated rings. The molecule has 1 unspecified atom stereocenters. The number of fused-ring (bicyclic) bond motifs is 1. The van der Waals surface area contributed by atoms with Crippen LogP contribution in [0.5, 0.6) is 0 Å². The van der Waals surface area contributed by atoms with Crippen LogP contribution in [0.3, 0.4) is 0 Å². The molecule has 1 saturated carbocycles. The van der Waals surface area contributed by atoms with Gasteiger partial charge in [-0.25, -0.2) is 9.50 Å². The number of amides is 1. The zero-order valence-electron chi connectivity index (χ0n) is 19.4. The lowest BCUT2D eigenvalue weighted by Gasteiger charge is -2.21. The highest BCUT2D eigenvalue weighted by atomic mass is 16.4. The molecule has 1 aliphatic carbocycles. The molecule has 0 aromatic carbocycles. The number of hydrogen-bond donors (Lipinski definition) is 3. The van der Waals surface area contributed by atoms with Crippen LogP contribution in [-0.2, 0) is 4.79 Å². The molecule has 11 heteroatoms. The van der Waals surface area contributed by atoms with Gasteiger partial charge in [0.25, 0.3) is 5.91 Å². The van der Waals surface area contributed by atoms with Gasteiger partial charge in [-0.15, -0.1) is 5.10 Å². The van der Waals surface area contributed by atoms with Gasteiger partial charge in [-0.2, -0.15) is 10.4 Å². The number of carbonyl (C=O) groups excluding carboxylic acids is 1. The number of carboxylic acid groups (broad SMARTS) is 1. The minimum atomic E-state index is -0.950. The first-order valence-electron chi connectivity index (χ1n) is 11.5. The molecule has 0 saturated heterocycles. The highest BCUT2D eigenvalue weighted by molar-refractivity contribution is 5.93. The predicted octanol–water partition coefficient (Wildman–Crippen LogP) is 3.25. The zero-order valence-corrected chi connectivity index (χ0v) is 19.4. The summed E-state index contributed by atoms with van der Waals surface area (Å²) in [5.41, 5.74) is 7.47. The number of nitriles is 1. The number of primary amides is 1. The van der Waals surface area contributed by atoms with Gasteiger partial charge in [-0.05, 0) is 30.9 Å². The second kappa shape index (κ2) is 11.3. The van der Waals surface area contributed by atoms with E-state index in [1.165, 1.54) is 17.4 Å². The fourth-order valence-electron chi connectivity index (χ4n) is 4.30. The maximum absolute atomic E-state index is 11.8. The van der Waals surface area contributed by atoms with E-state index in [1.807, 2.05) is 24.7 Å². The van der Waals surface area contributed by atoms with E-state index in [0.29, 0.717) is 29.1 Å². The third-order valence-corrected chi connectivity index (χ3v) is 5.84. The van der Waals surface area contributed by atoms with Crippen LogP contribution < -0.4 is 11.1 Å². The predicted molar refractivity (Wildman–Crippen MR) is 126 cm³/mol. The van der Waals surface area contributed by atoms with Crippen molar-refractivity contribution in [2.45, 2.75) is 58.4 Å². The molecule has 11 nitrogen and oxygen atoms in total. The number of rotatable bonds is 9. The Hall–Kier alpha value is -3.94. The summed E-state index contributed by atoms with van der Waals surface area (Å²) in [4.78, 5) is 27.2. The molecule has 3 aromatic heterocycles. The van der Waals surface area contributed by atoms with Crippen LogP contribution in [-0.4, -0.2) is 47.9 Å². The lowest BCUT2D eigenvalue weighted by molar-refractivity contribution is -0.136. The number of aromatic nitrogens is 5. The summed E-state index contributed by atoms with van der Waals surface area (Å²) in [6.45, 7) is 4.12. The summed E-state index contributed by atoms with van der Waals surface area (Å²) >= 11 is 0. The maximum atomic E-state index is 11.8. The van der Waals surface area contributed by atoms with Crippen molar-refractivity contribution in [3.05, 3.63) is 30.2 Å². The molecule has 1 amide bonds. The Morgan fingerprint density at radius 3 is 2.71 bits per heavy atom. The number of nitrogens with two attached hydrogens (primary N) is 1. The van der Waals surface area contributed by atoms with Crippen LogP contribution in [0.1, 0.15) is 68.9 Å². The summed E-state index contributed by atoms with van der Waals surface area (Å²) < 4.78 is 3.23. The Balaban J connectivity index is 0.00000158. The van der Waals surface area contributed by atoms with Crippen molar-refractivity contribution >= 4 is 23.3 Å². The van der Waals surface area contributed by atoms with Crippen molar-refractivity contribution in [2.24, 2.45) is 11.7 Å². The minimum Gasteiger partial charge on any atom is -0.481 e. The monoisotopic (exact) mass is 466 g/mol. The first-order valence-corrected chi connectivity index (χ1v) is 11.5. The standard InChI is InChI=1S/C21H24N8O3.C2H6/c22-9-7-15(13-3-1-2-4-13)28-12-14(11-25-28)19-16-5-6-17(20(23)32)29(16)27-21(26-19)24-10-8-18(30)31;1-2/h5-6,11-13,15H,1-4,7-8,10H2,(H2,23,32)(H,24,27)(H,30,31);1-2H3. The van der Waals surface area contributed by atoms with E-state index in [0.717, 1.165) is 12.8 Å². The molecule has 3 aromatic rings. The Morgan fingerprint density at radius 2 is 2.06 bits per heavy atom. The average molecular weight is 467 g/mol. The smallest absolute Gasteiger partial charge is 0.305 e. The molecular formula is C23H30N8O3. The van der Waals surface area contributed by atoms with Crippen LogP contribution in [0.15, 0.2) is 24.5 Å². The quantitative estimate of drug-likeness (QED) is 0.432. The number of carbonyl (C=O) groups is 2. The minimum absolute atomic E-state index is 0.00441. The molecule has 0 radical (unpaired) electrons. The first-order chi connectivity index (χ1) is 16.5. The van der Waals surface area contributed by atoms with Gasteiger partial charge in [0.05, 0.1) is 36.7 Å². The Morgan fingerprint density at radius 1 is 1.32 bits per heavy atom. The summed E-state index contributed by atoms with van der Waals surface area (Å²) in [7, 11) is 0. The van der Waals surface area contributed by atoms with Gasteiger partial charge in [-0.1, -0.05) is 26.7 Å². The molecule has 1 atom stereocenters. The van der Waals surface area contributed by atoms with Crippen LogP contribution in [0, 0.1) is 17.2 Å². The number of aliphatic carboxylic acids is 1. The SMILES string of the molecule is CC.N#CCC(C1CCCC1)n1cc(-c2nc(NCCC(=O)O)nn3c(C(N)=O)ccc23)cn1. The molecule has 0 aliphatic heterocycles. The zero-order chi connectivity index (χ0) is 24.7. The maximum Gasteiger partial charge on any atom is 0.305 e. The average Bonchev–Trinajstić information content (AvgIpc) is 3.59. The summed E-state index contributed by atoms with van der Waals surface area (Å²) in [5, 5.41) is 29.9. The molecule has 4 rings (SSSR count). The van der Waals surface area contributed by atoms with Crippen molar-refractivity contribution in [2.75, 3.05) is 11.9 Å². The van der Waals surface area contributed by atoms with Gasteiger partial charge in [0.1, 0.15) is 11.4 Å². The number of anilines is 1. The fourth-order valence-corrected chi connectivity index (χ4v) is 4.30. The molecule has 0 spiro atoms. The van der Waals surface area contributed by atoms with E-state index in [4.69, 9.17) is 10.8 Å². The van der Waals surface area contributed by atoms with E-state index in [2.05, 4.69) is 26.6 Å². The van der Waals surface area contributed by atoms with Gasteiger partial charge >= 0.3 is 5.97 Å². The second-order valence-electron chi connectivity index (χ2n) is 7.92. The third kappa shape index (κ3) is 5.33. The van der Waals surface area contributed by atoms with E-state index >= 15 is 0 Å². The number of hydrogen-bond acceptors (Lipinski definition) is 7. The molecule has 180 valence electrons. The van der Waals surface area contributed by atoms with Gasteiger partial charge < -0.3 is 16.2 Å². The number of nitrogens with zero attached hydrogens (tertiary/aromatic N) is 6. The van der Waals surface area contributed by atoms with Gasteiger partial charge in [0.2, 0.25) is 5.95 Å². The van der Waals surface area contributed by atoms with Crippen LogP contribution in [0.4, 0.5) is 5.95 Å². The largest absolute Gasteiger partial charge is 0.481 e. The van der Waals surface area contributed by atoms with Crippen molar-refractivity contribution in [1.29, 1.82) is 5.26 Å². The molecule has 0 bridgehead atoms. The Bertz CT molecular complexity index is 1190. The summed E-state index contributed by atoms with van der Waals surface area (Å²) in [5.74, 6) is -1.01. The second-order valence-corrected chi connectivity index (χ2v) is 7.92. The first kappa shape index (κ1) is 24.7. The fraction of sp³-hybridized carbons (Fsp3) is 0.478. The Kier molecular flexibility index (Phi) is 8.19. The van der Waals surface area contributed by atoms with Gasteiger partial charge in [-0.3, -0.25) is 14.3 Å². The highest BCUT2D eigenvalue weighted by Crippen LogP contribution is 2.36. The molecular weight excluding hydrogens is 436 g/mol. The number of nitrogens with one attached hydrogen (secondary N) is 1. The van der Waals surface area contributed by atoms with Gasteiger partial charge in [0.15, 0.2) is 0 Å². The van der Waals surface area contributed by atoms with E-state index in [-0.39, 0.29) is 30.6 Å². The normalized spacial score (nSPS) is 14.3. The molecule has 1 aliphatic rings. The molecule has 4 N–H and O–H groups in total.